The predicted molar refractivity (Wildman–Crippen MR) is 109 cm³/mol. The van der Waals surface area contributed by atoms with Crippen LogP contribution in [0.3, 0.4) is 0 Å². The van der Waals surface area contributed by atoms with Crippen LogP contribution in [-0.2, 0) is 6.54 Å². The molecule has 1 aromatic heterocycles. The maximum atomic E-state index is 5.27. The summed E-state index contributed by atoms with van der Waals surface area (Å²) in [6.07, 6.45) is 1.92. The van der Waals surface area contributed by atoms with Crippen molar-refractivity contribution in [1.82, 2.24) is 0 Å². The summed E-state index contributed by atoms with van der Waals surface area (Å²) in [4.78, 5) is 1.26. The number of benzene rings is 2. The van der Waals surface area contributed by atoms with Crippen molar-refractivity contribution >= 4 is 38.1 Å². The number of aryl methyl sites for hydroxylation is 1. The number of hydrogen-bond acceptors (Lipinski definition) is 3. The van der Waals surface area contributed by atoms with Crippen molar-refractivity contribution in [3.63, 3.8) is 0 Å². The largest absolute Gasteiger partial charge is 1.00 e. The van der Waals surface area contributed by atoms with E-state index in [2.05, 4.69) is 63.6 Å². The van der Waals surface area contributed by atoms with E-state index in [4.69, 9.17) is 4.74 Å². The summed E-state index contributed by atoms with van der Waals surface area (Å²) < 4.78 is 8.60. The lowest BCUT2D eigenvalue weighted by Crippen LogP contribution is -3.00. The molecule has 0 bridgehead atoms. The summed E-state index contributed by atoms with van der Waals surface area (Å²) in [5.74, 6) is 0.861. The zero-order chi connectivity index (χ0) is 17.8. The second-order valence-electron chi connectivity index (χ2n) is 5.57. The third-order valence-electron chi connectivity index (χ3n) is 3.87. The van der Waals surface area contributed by atoms with E-state index in [-0.39, 0.29) is 17.0 Å². The molecule has 3 rings (SSSR count). The van der Waals surface area contributed by atoms with Gasteiger partial charge in [0.25, 0.3) is 0 Å². The van der Waals surface area contributed by atoms with E-state index >= 15 is 0 Å². The molecule has 1 N–H and O–H groups in total. The molecule has 0 aliphatic heterocycles. The lowest BCUT2D eigenvalue weighted by atomic mass is 10.1. The molecule has 0 spiro atoms. The lowest BCUT2D eigenvalue weighted by Gasteiger charge is -2.06. The molecular weight excluding hydrogens is 476 g/mol. The van der Waals surface area contributed by atoms with Crippen molar-refractivity contribution in [2.75, 3.05) is 12.4 Å². The second-order valence-corrected chi connectivity index (χ2v) is 7.69. The fourth-order valence-corrected chi connectivity index (χ4v) is 4.02. The highest BCUT2D eigenvalue weighted by Crippen LogP contribution is 2.31. The fraction of sp³-hybridized carbons (Fsp3) is 0.150. The average Bonchev–Trinajstić information content (AvgIpc) is 2.92. The number of nitrogens with zero attached hydrogens (tertiary/aromatic N) is 1. The Hall–Kier alpha value is -1.63. The van der Waals surface area contributed by atoms with Gasteiger partial charge in [-0.1, -0.05) is 39.9 Å². The van der Waals surface area contributed by atoms with E-state index < -0.39 is 0 Å². The molecule has 0 amide bonds. The third kappa shape index (κ3) is 4.55. The minimum Gasteiger partial charge on any atom is -1.00 e. The maximum absolute atomic E-state index is 5.27. The Labute approximate surface area is 177 Å². The molecule has 2 aromatic carbocycles. The summed E-state index contributed by atoms with van der Waals surface area (Å²) in [6.45, 7) is 6.81. The zero-order valence-corrected chi connectivity index (χ0v) is 18.6. The number of thiazole rings is 1. The zero-order valence-electron chi connectivity index (χ0n) is 14.6. The summed E-state index contributed by atoms with van der Waals surface area (Å²) in [6, 6.07) is 16.4. The SMILES string of the molecule is C=CC[n+]1c(Nc2ccc(Br)cc2)sc(C)c1-c1ccc(OC)cc1.[Br-]. The van der Waals surface area contributed by atoms with Crippen LogP contribution in [0.5, 0.6) is 5.75 Å². The van der Waals surface area contributed by atoms with E-state index in [9.17, 15) is 0 Å². The summed E-state index contributed by atoms with van der Waals surface area (Å²) in [5.41, 5.74) is 3.43. The Kier molecular flexibility index (Phi) is 7.43. The normalized spacial score (nSPS) is 10.1. The van der Waals surface area contributed by atoms with Crippen LogP contribution in [0.25, 0.3) is 11.3 Å². The van der Waals surface area contributed by atoms with Crippen molar-refractivity contribution in [3.05, 3.63) is 70.5 Å². The Morgan fingerprint density at radius 2 is 1.81 bits per heavy atom. The number of ether oxygens (including phenoxy) is 1. The van der Waals surface area contributed by atoms with Crippen LogP contribution < -0.4 is 31.6 Å². The highest BCUT2D eigenvalue weighted by molar-refractivity contribution is 9.10. The maximum Gasteiger partial charge on any atom is 0.339 e. The van der Waals surface area contributed by atoms with Gasteiger partial charge in [-0.25, -0.2) is 9.88 Å². The molecule has 0 aliphatic rings. The Balaban J connectivity index is 0.00000243. The van der Waals surface area contributed by atoms with E-state index in [1.165, 1.54) is 16.1 Å². The first-order valence-corrected chi connectivity index (χ1v) is 9.54. The van der Waals surface area contributed by atoms with Gasteiger partial charge in [0.05, 0.1) is 12.0 Å². The average molecular weight is 496 g/mol. The molecule has 0 saturated heterocycles. The highest BCUT2D eigenvalue weighted by Gasteiger charge is 2.22. The van der Waals surface area contributed by atoms with Crippen LogP contribution in [0.2, 0.25) is 0 Å². The van der Waals surface area contributed by atoms with Crippen LogP contribution in [0.1, 0.15) is 4.88 Å². The standard InChI is InChI=1S/C20H19BrN2OS.BrH/c1-4-13-23-19(15-5-11-18(24-3)12-6-15)14(2)25-20(23)22-17-9-7-16(21)8-10-17;/h4-12H,1,13H2,2-3H3;1H. The van der Waals surface area contributed by atoms with Crippen molar-refractivity contribution in [3.8, 4) is 17.0 Å². The topological polar surface area (TPSA) is 25.1 Å². The van der Waals surface area contributed by atoms with Gasteiger partial charge >= 0.3 is 5.13 Å². The number of rotatable bonds is 6. The quantitative estimate of drug-likeness (QED) is 0.420. The van der Waals surface area contributed by atoms with Crippen LogP contribution >= 0.6 is 27.3 Å². The first kappa shape index (κ1) is 20.7. The molecule has 136 valence electrons. The summed E-state index contributed by atoms with van der Waals surface area (Å²) in [7, 11) is 1.68. The Bertz CT molecular complexity index is 874. The third-order valence-corrected chi connectivity index (χ3v) is 5.41. The molecule has 0 unspecified atom stereocenters. The molecule has 6 heteroatoms. The van der Waals surface area contributed by atoms with Gasteiger partial charge in [0.2, 0.25) is 0 Å². The predicted octanol–water partition coefficient (Wildman–Crippen LogP) is 2.72. The van der Waals surface area contributed by atoms with Crippen molar-refractivity contribution in [2.24, 2.45) is 0 Å². The number of anilines is 2. The van der Waals surface area contributed by atoms with Crippen molar-refractivity contribution in [2.45, 2.75) is 13.5 Å². The molecule has 1 heterocycles. The van der Waals surface area contributed by atoms with E-state index in [1.54, 1.807) is 18.4 Å². The molecule has 3 nitrogen and oxygen atoms in total. The number of aromatic nitrogens is 1. The Morgan fingerprint density at radius 3 is 2.38 bits per heavy atom. The minimum absolute atomic E-state index is 0. The fourth-order valence-electron chi connectivity index (χ4n) is 2.70. The van der Waals surface area contributed by atoms with Gasteiger partial charge < -0.3 is 21.7 Å². The van der Waals surface area contributed by atoms with E-state index in [1.807, 2.05) is 30.3 Å². The molecular formula is C20H20Br2N2OS. The molecule has 26 heavy (non-hydrogen) atoms. The number of allylic oxidation sites excluding steroid dienone is 1. The van der Waals surface area contributed by atoms with Gasteiger partial charge in [0, 0.05) is 10.0 Å². The molecule has 0 atom stereocenters. The first-order valence-electron chi connectivity index (χ1n) is 7.93. The van der Waals surface area contributed by atoms with Gasteiger partial charge in [-0.15, -0.1) is 0 Å². The smallest absolute Gasteiger partial charge is 0.339 e. The number of hydrogen-bond donors (Lipinski definition) is 1. The van der Waals surface area contributed by atoms with Crippen LogP contribution in [0.4, 0.5) is 10.8 Å². The van der Waals surface area contributed by atoms with Gasteiger partial charge in [0.15, 0.2) is 0 Å². The second kappa shape index (κ2) is 9.35. The molecule has 0 fully saturated rings. The van der Waals surface area contributed by atoms with Gasteiger partial charge in [-0.3, -0.25) is 0 Å². The van der Waals surface area contributed by atoms with E-state index in [0.717, 1.165) is 27.6 Å². The summed E-state index contributed by atoms with van der Waals surface area (Å²) in [5, 5.41) is 4.61. The molecule has 0 saturated carbocycles. The monoisotopic (exact) mass is 494 g/mol. The minimum atomic E-state index is 0. The van der Waals surface area contributed by atoms with E-state index in [0.29, 0.717) is 0 Å². The van der Waals surface area contributed by atoms with Gasteiger partial charge in [-0.2, -0.15) is 0 Å². The van der Waals surface area contributed by atoms with Gasteiger partial charge in [-0.05, 0) is 55.5 Å². The number of methoxy groups -OCH3 is 1. The lowest BCUT2D eigenvalue weighted by molar-refractivity contribution is -0.657. The number of halogens is 2. The molecule has 0 aliphatic carbocycles. The van der Waals surface area contributed by atoms with Crippen molar-refractivity contribution in [1.29, 1.82) is 0 Å². The highest BCUT2D eigenvalue weighted by atomic mass is 79.9. The van der Waals surface area contributed by atoms with Crippen molar-refractivity contribution < 1.29 is 26.3 Å². The molecule has 0 radical (unpaired) electrons. The number of nitrogens with one attached hydrogen (secondary N) is 1. The van der Waals surface area contributed by atoms with Gasteiger partial charge in [0.1, 0.15) is 23.7 Å². The van der Waals surface area contributed by atoms with Crippen LogP contribution in [-0.4, -0.2) is 7.11 Å². The molecule has 3 aromatic rings. The van der Waals surface area contributed by atoms with Crippen LogP contribution in [0, 0.1) is 6.92 Å². The van der Waals surface area contributed by atoms with Crippen LogP contribution in [0.15, 0.2) is 65.7 Å². The Morgan fingerprint density at radius 1 is 1.15 bits per heavy atom. The first-order chi connectivity index (χ1) is 12.1. The summed E-state index contributed by atoms with van der Waals surface area (Å²) >= 11 is 5.22.